The summed E-state index contributed by atoms with van der Waals surface area (Å²) in [5.41, 5.74) is -0.635. The molecule has 0 saturated heterocycles. The number of carbonyl (C=O) groups excluding carboxylic acids is 1. The van der Waals surface area contributed by atoms with Crippen LogP contribution in [-0.2, 0) is 4.79 Å². The van der Waals surface area contributed by atoms with Crippen molar-refractivity contribution in [1.29, 1.82) is 0 Å². The number of rotatable bonds is 3. The van der Waals surface area contributed by atoms with E-state index in [1.165, 1.54) is 20.1 Å². The van der Waals surface area contributed by atoms with Gasteiger partial charge in [0.05, 0.1) is 6.26 Å². The number of aliphatic carboxylic acids is 1. The lowest BCUT2D eigenvalue weighted by molar-refractivity contribution is -0.143. The van der Waals surface area contributed by atoms with Gasteiger partial charge >= 0.3 is 5.97 Å². The number of nitrogens with one attached hydrogen (secondary N) is 1. The van der Waals surface area contributed by atoms with Crippen LogP contribution in [0.25, 0.3) is 0 Å². The molecule has 0 bridgehead atoms. The van der Waals surface area contributed by atoms with Crippen LogP contribution in [0.15, 0.2) is 16.7 Å². The molecule has 0 aliphatic heterocycles. The third kappa shape index (κ3) is 2.37. The van der Waals surface area contributed by atoms with Gasteiger partial charge < -0.3 is 14.8 Å². The third-order valence-corrected chi connectivity index (χ3v) is 2.03. The van der Waals surface area contributed by atoms with E-state index in [0.717, 1.165) is 0 Å². The molecular weight excluding hydrogens is 198 g/mol. The molecule has 0 unspecified atom stereocenters. The number of aryl methyl sites for hydroxylation is 1. The Morgan fingerprint density at radius 3 is 2.47 bits per heavy atom. The highest BCUT2D eigenvalue weighted by Crippen LogP contribution is 2.11. The van der Waals surface area contributed by atoms with Crippen molar-refractivity contribution in [2.75, 3.05) is 0 Å². The van der Waals surface area contributed by atoms with Gasteiger partial charge in [0, 0.05) is 5.56 Å². The first-order valence-electron chi connectivity index (χ1n) is 4.44. The van der Waals surface area contributed by atoms with Gasteiger partial charge in [-0.05, 0) is 26.8 Å². The van der Waals surface area contributed by atoms with Crippen LogP contribution in [0.2, 0.25) is 0 Å². The summed E-state index contributed by atoms with van der Waals surface area (Å²) >= 11 is 0. The Balaban J connectivity index is 2.81. The molecule has 0 atom stereocenters. The second kappa shape index (κ2) is 3.76. The van der Waals surface area contributed by atoms with Gasteiger partial charge in [0.2, 0.25) is 0 Å². The Morgan fingerprint density at radius 2 is 2.07 bits per heavy atom. The maximum absolute atomic E-state index is 11.6. The first-order valence-corrected chi connectivity index (χ1v) is 4.44. The van der Waals surface area contributed by atoms with Crippen LogP contribution in [0.1, 0.15) is 30.0 Å². The monoisotopic (exact) mass is 211 g/mol. The predicted molar refractivity (Wildman–Crippen MR) is 52.6 cm³/mol. The van der Waals surface area contributed by atoms with Gasteiger partial charge in [-0.2, -0.15) is 0 Å². The Labute approximate surface area is 87.1 Å². The maximum atomic E-state index is 11.6. The largest absolute Gasteiger partial charge is 0.480 e. The topological polar surface area (TPSA) is 79.5 Å². The quantitative estimate of drug-likeness (QED) is 0.786. The van der Waals surface area contributed by atoms with Crippen LogP contribution in [0.3, 0.4) is 0 Å². The minimum atomic E-state index is -1.31. The van der Waals surface area contributed by atoms with E-state index in [1.54, 1.807) is 13.0 Å². The molecule has 0 aliphatic carbocycles. The van der Waals surface area contributed by atoms with E-state index in [1.807, 2.05) is 0 Å². The van der Waals surface area contributed by atoms with E-state index < -0.39 is 17.4 Å². The van der Waals surface area contributed by atoms with E-state index in [-0.39, 0.29) is 5.76 Å². The van der Waals surface area contributed by atoms with Gasteiger partial charge in [0.25, 0.3) is 5.91 Å². The number of amides is 1. The summed E-state index contributed by atoms with van der Waals surface area (Å²) in [5, 5.41) is 11.2. The van der Waals surface area contributed by atoms with Gasteiger partial charge in [-0.3, -0.25) is 4.79 Å². The van der Waals surface area contributed by atoms with Crippen molar-refractivity contribution in [3.05, 3.63) is 23.7 Å². The molecular formula is C10H13NO4. The molecule has 5 heteroatoms. The first-order chi connectivity index (χ1) is 6.84. The number of carboxylic acid groups (broad SMARTS) is 1. The SMILES string of the molecule is Cc1ccoc1C(=O)NC(C)(C)C(=O)O. The van der Waals surface area contributed by atoms with Crippen molar-refractivity contribution in [1.82, 2.24) is 5.32 Å². The van der Waals surface area contributed by atoms with Crippen molar-refractivity contribution < 1.29 is 19.1 Å². The standard InChI is InChI=1S/C10H13NO4/c1-6-4-5-15-7(6)8(12)11-10(2,3)9(13)14/h4-5H,1-3H3,(H,11,12)(H,13,14). The Morgan fingerprint density at radius 1 is 1.47 bits per heavy atom. The molecule has 0 fully saturated rings. The van der Waals surface area contributed by atoms with Crippen LogP contribution in [-0.4, -0.2) is 22.5 Å². The Hall–Kier alpha value is -1.78. The second-order valence-electron chi connectivity index (χ2n) is 3.82. The van der Waals surface area contributed by atoms with Crippen molar-refractivity contribution >= 4 is 11.9 Å². The number of hydrogen-bond donors (Lipinski definition) is 2. The number of carboxylic acids is 1. The zero-order chi connectivity index (χ0) is 11.6. The number of carbonyl (C=O) groups is 2. The van der Waals surface area contributed by atoms with E-state index in [0.29, 0.717) is 5.56 Å². The van der Waals surface area contributed by atoms with E-state index in [4.69, 9.17) is 9.52 Å². The van der Waals surface area contributed by atoms with Crippen LogP contribution >= 0.6 is 0 Å². The minimum Gasteiger partial charge on any atom is -0.480 e. The number of hydrogen-bond acceptors (Lipinski definition) is 3. The lowest BCUT2D eigenvalue weighted by atomic mass is 10.1. The van der Waals surface area contributed by atoms with Crippen molar-refractivity contribution in [2.24, 2.45) is 0 Å². The molecule has 1 amide bonds. The highest BCUT2D eigenvalue weighted by Gasteiger charge is 2.30. The van der Waals surface area contributed by atoms with Crippen LogP contribution in [0.4, 0.5) is 0 Å². The summed E-state index contributed by atoms with van der Waals surface area (Å²) < 4.78 is 4.95. The smallest absolute Gasteiger partial charge is 0.328 e. The fourth-order valence-electron chi connectivity index (χ4n) is 0.999. The first kappa shape index (κ1) is 11.3. The predicted octanol–water partition coefficient (Wildman–Crippen LogP) is 1.18. The van der Waals surface area contributed by atoms with Crippen LogP contribution in [0, 0.1) is 6.92 Å². The molecule has 5 nitrogen and oxygen atoms in total. The molecule has 0 saturated carbocycles. The third-order valence-electron chi connectivity index (χ3n) is 2.03. The molecule has 1 aromatic heterocycles. The summed E-state index contributed by atoms with van der Waals surface area (Å²) in [4.78, 5) is 22.3. The molecule has 0 aromatic carbocycles. The molecule has 0 spiro atoms. The molecule has 82 valence electrons. The molecule has 15 heavy (non-hydrogen) atoms. The summed E-state index contributed by atoms with van der Waals surface area (Å²) in [6.45, 7) is 4.53. The summed E-state index contributed by atoms with van der Waals surface area (Å²) in [6, 6.07) is 1.64. The van der Waals surface area contributed by atoms with E-state index in [2.05, 4.69) is 5.32 Å². The van der Waals surface area contributed by atoms with Crippen molar-refractivity contribution in [3.8, 4) is 0 Å². The molecule has 0 aliphatic rings. The number of furan rings is 1. The van der Waals surface area contributed by atoms with Crippen LogP contribution in [0.5, 0.6) is 0 Å². The lowest BCUT2D eigenvalue weighted by Crippen LogP contribution is -2.49. The van der Waals surface area contributed by atoms with Gasteiger partial charge in [-0.25, -0.2) is 4.79 Å². The second-order valence-corrected chi connectivity index (χ2v) is 3.82. The average molecular weight is 211 g/mol. The molecule has 1 rings (SSSR count). The summed E-state index contributed by atoms with van der Waals surface area (Å²) in [5.74, 6) is -1.48. The Kier molecular flexibility index (Phi) is 2.83. The zero-order valence-electron chi connectivity index (χ0n) is 8.83. The highest BCUT2D eigenvalue weighted by atomic mass is 16.4. The van der Waals surface area contributed by atoms with Gasteiger partial charge in [0.15, 0.2) is 5.76 Å². The molecule has 1 heterocycles. The van der Waals surface area contributed by atoms with E-state index >= 15 is 0 Å². The molecule has 2 N–H and O–H groups in total. The Bertz CT molecular complexity index is 392. The summed E-state index contributed by atoms with van der Waals surface area (Å²) in [7, 11) is 0. The average Bonchev–Trinajstić information content (AvgIpc) is 2.50. The molecule has 1 aromatic rings. The molecule has 0 radical (unpaired) electrons. The van der Waals surface area contributed by atoms with Crippen LogP contribution < -0.4 is 5.32 Å². The fraction of sp³-hybridized carbons (Fsp3) is 0.400. The van der Waals surface area contributed by atoms with Gasteiger partial charge in [0.1, 0.15) is 5.54 Å². The van der Waals surface area contributed by atoms with Gasteiger partial charge in [-0.15, -0.1) is 0 Å². The highest BCUT2D eigenvalue weighted by molar-refractivity contribution is 5.96. The van der Waals surface area contributed by atoms with E-state index in [9.17, 15) is 9.59 Å². The van der Waals surface area contributed by atoms with Crippen molar-refractivity contribution in [3.63, 3.8) is 0 Å². The normalized spacial score (nSPS) is 11.1. The summed E-state index contributed by atoms with van der Waals surface area (Å²) in [6.07, 6.45) is 1.39. The zero-order valence-corrected chi connectivity index (χ0v) is 8.83. The van der Waals surface area contributed by atoms with Gasteiger partial charge in [-0.1, -0.05) is 0 Å². The maximum Gasteiger partial charge on any atom is 0.328 e. The van der Waals surface area contributed by atoms with Crippen molar-refractivity contribution in [2.45, 2.75) is 26.3 Å². The lowest BCUT2D eigenvalue weighted by Gasteiger charge is -2.20. The fourth-order valence-corrected chi connectivity index (χ4v) is 0.999. The minimum absolute atomic E-state index is 0.143.